The van der Waals surface area contributed by atoms with E-state index < -0.39 is 33.1 Å². The van der Waals surface area contributed by atoms with Crippen molar-refractivity contribution in [3.8, 4) is 0 Å². The summed E-state index contributed by atoms with van der Waals surface area (Å²) in [5.74, 6) is -2.37. The minimum atomic E-state index is -4.16. The van der Waals surface area contributed by atoms with Gasteiger partial charge in [0.2, 0.25) is 10.9 Å². The van der Waals surface area contributed by atoms with Gasteiger partial charge in [-0.05, 0) is 18.6 Å². The topological polar surface area (TPSA) is 123 Å². The third-order valence-corrected chi connectivity index (χ3v) is 4.02. The Morgan fingerprint density at radius 1 is 1.43 bits per heavy atom. The second-order valence-electron chi connectivity index (χ2n) is 4.26. The molecule has 118 valence electrons. The molecule has 1 atom stereocenters. The average molecular weight is 319 g/mol. The van der Waals surface area contributed by atoms with E-state index in [9.17, 15) is 18.0 Å². The molecular formula is C12H17NO7S. The number of esters is 1. The quantitative estimate of drug-likeness (QED) is 0.685. The summed E-state index contributed by atoms with van der Waals surface area (Å²) in [5, 5.41) is 8.47. The molecule has 1 aromatic rings. The maximum absolute atomic E-state index is 12.0. The second-order valence-corrected chi connectivity index (χ2v) is 5.91. The second kappa shape index (κ2) is 7.23. The molecule has 0 aliphatic carbocycles. The first-order valence-electron chi connectivity index (χ1n) is 6.25. The first-order valence-corrected chi connectivity index (χ1v) is 7.73. The number of carboxylic acids is 1. The predicted octanol–water partition coefficient (Wildman–Crippen LogP) is 0.988. The fourth-order valence-corrected chi connectivity index (χ4v) is 2.72. The maximum Gasteiger partial charge on any atom is 0.374 e. The molecule has 0 bridgehead atoms. The van der Waals surface area contributed by atoms with E-state index in [2.05, 4.69) is 4.74 Å². The van der Waals surface area contributed by atoms with Gasteiger partial charge in [0.25, 0.3) is 10.0 Å². The van der Waals surface area contributed by atoms with Crippen LogP contribution in [0.15, 0.2) is 21.6 Å². The minimum Gasteiger partial charge on any atom is -0.480 e. The van der Waals surface area contributed by atoms with Gasteiger partial charge in [0.15, 0.2) is 0 Å². The van der Waals surface area contributed by atoms with Crippen molar-refractivity contribution < 1.29 is 32.3 Å². The van der Waals surface area contributed by atoms with Gasteiger partial charge >= 0.3 is 11.9 Å². The lowest BCUT2D eigenvalue weighted by molar-refractivity contribution is -0.139. The molecule has 0 saturated heterocycles. The van der Waals surface area contributed by atoms with Crippen LogP contribution in [0.1, 0.15) is 36.7 Å². The smallest absolute Gasteiger partial charge is 0.374 e. The monoisotopic (exact) mass is 319 g/mol. The summed E-state index contributed by atoms with van der Waals surface area (Å²) in [6.45, 7) is 1.86. The van der Waals surface area contributed by atoms with Crippen molar-refractivity contribution in [2.45, 2.75) is 37.3 Å². The van der Waals surface area contributed by atoms with E-state index in [0.29, 0.717) is 6.42 Å². The maximum atomic E-state index is 12.0. The van der Waals surface area contributed by atoms with Crippen LogP contribution < -0.4 is 4.72 Å². The fourth-order valence-electron chi connectivity index (χ4n) is 1.56. The predicted molar refractivity (Wildman–Crippen MR) is 71.3 cm³/mol. The van der Waals surface area contributed by atoms with Crippen molar-refractivity contribution >= 4 is 22.0 Å². The van der Waals surface area contributed by atoms with Crippen LogP contribution >= 0.6 is 0 Å². The zero-order valence-corrected chi connectivity index (χ0v) is 12.5. The van der Waals surface area contributed by atoms with Crippen molar-refractivity contribution in [1.82, 2.24) is 4.72 Å². The van der Waals surface area contributed by atoms with Gasteiger partial charge in [-0.1, -0.05) is 19.8 Å². The van der Waals surface area contributed by atoms with Gasteiger partial charge in [0, 0.05) is 0 Å². The van der Waals surface area contributed by atoms with Crippen LogP contribution in [-0.4, -0.2) is 38.6 Å². The number of sulfonamides is 1. The third-order valence-electron chi connectivity index (χ3n) is 2.67. The molecule has 0 saturated carbocycles. The zero-order chi connectivity index (χ0) is 16.0. The Morgan fingerprint density at radius 3 is 2.62 bits per heavy atom. The number of carbonyl (C=O) groups excluding carboxylic acids is 1. The molecule has 0 radical (unpaired) electrons. The summed E-state index contributed by atoms with van der Waals surface area (Å²) in [6, 6.07) is 0.955. The van der Waals surface area contributed by atoms with Crippen molar-refractivity contribution in [3.63, 3.8) is 0 Å². The summed E-state index contributed by atoms with van der Waals surface area (Å²) >= 11 is 0. The molecular weight excluding hydrogens is 302 g/mol. The molecule has 2 N–H and O–H groups in total. The summed E-state index contributed by atoms with van der Waals surface area (Å²) < 4.78 is 35.3. The number of carboxylic acid groups (broad SMARTS) is 1. The lowest BCUT2D eigenvalue weighted by Crippen LogP contribution is -2.40. The van der Waals surface area contributed by atoms with Gasteiger partial charge < -0.3 is 14.3 Å². The zero-order valence-electron chi connectivity index (χ0n) is 11.7. The van der Waals surface area contributed by atoms with Crippen LogP contribution in [0.4, 0.5) is 0 Å². The Kier molecular flexibility index (Phi) is 5.91. The van der Waals surface area contributed by atoms with Crippen LogP contribution in [0, 0.1) is 0 Å². The molecule has 21 heavy (non-hydrogen) atoms. The van der Waals surface area contributed by atoms with Gasteiger partial charge in [0.05, 0.1) is 7.11 Å². The highest BCUT2D eigenvalue weighted by molar-refractivity contribution is 7.89. The van der Waals surface area contributed by atoms with E-state index in [1.807, 2.05) is 11.6 Å². The van der Waals surface area contributed by atoms with Crippen molar-refractivity contribution in [1.29, 1.82) is 0 Å². The van der Waals surface area contributed by atoms with Gasteiger partial charge in [-0.15, -0.1) is 0 Å². The molecule has 8 nitrogen and oxygen atoms in total. The van der Waals surface area contributed by atoms with Gasteiger partial charge in [-0.2, -0.15) is 4.72 Å². The van der Waals surface area contributed by atoms with E-state index >= 15 is 0 Å². The number of methoxy groups -OCH3 is 1. The minimum absolute atomic E-state index is 0.162. The molecule has 0 spiro atoms. The number of ether oxygens (including phenoxy) is 1. The lowest BCUT2D eigenvalue weighted by atomic mass is 10.1. The molecule has 1 rings (SSSR count). The Bertz CT molecular complexity index is 605. The molecule has 9 heteroatoms. The number of carbonyl (C=O) groups is 2. The number of nitrogens with one attached hydrogen (secondary N) is 1. The normalized spacial score (nSPS) is 12.9. The van der Waals surface area contributed by atoms with Crippen molar-refractivity contribution in [2.75, 3.05) is 7.11 Å². The number of hydrogen-bond acceptors (Lipinski definition) is 6. The summed E-state index contributed by atoms with van der Waals surface area (Å²) in [4.78, 5) is 22.2. The highest BCUT2D eigenvalue weighted by Crippen LogP contribution is 2.16. The first-order chi connectivity index (χ1) is 9.81. The number of hydrogen-bond donors (Lipinski definition) is 2. The Balaban J connectivity index is 2.91. The van der Waals surface area contributed by atoms with E-state index in [-0.39, 0.29) is 12.2 Å². The van der Waals surface area contributed by atoms with Crippen LogP contribution in [-0.2, 0) is 19.6 Å². The average Bonchev–Trinajstić information content (AvgIpc) is 2.92. The highest BCUT2D eigenvalue weighted by Gasteiger charge is 2.28. The molecule has 0 fully saturated rings. The molecule has 1 aromatic heterocycles. The van der Waals surface area contributed by atoms with Crippen LogP contribution in [0.5, 0.6) is 0 Å². The molecule has 0 amide bonds. The molecule has 0 aliphatic heterocycles. The van der Waals surface area contributed by atoms with E-state index in [4.69, 9.17) is 9.52 Å². The van der Waals surface area contributed by atoms with Crippen molar-refractivity contribution in [2.24, 2.45) is 0 Å². The van der Waals surface area contributed by atoms with Gasteiger partial charge in [-0.3, -0.25) is 4.79 Å². The van der Waals surface area contributed by atoms with Gasteiger partial charge in [-0.25, -0.2) is 13.2 Å². The summed E-state index contributed by atoms with van der Waals surface area (Å²) in [7, 11) is -3.03. The largest absolute Gasteiger partial charge is 0.480 e. The first kappa shape index (κ1) is 17.2. The molecule has 0 aromatic carbocycles. The Hall–Kier alpha value is -1.87. The molecule has 1 heterocycles. The number of rotatable bonds is 8. The Morgan fingerprint density at radius 2 is 2.10 bits per heavy atom. The standard InChI is InChI=1S/C12H17NO7S/c1-3-4-5-8(11(14)15)13-21(17,18)10-7-6-9(20-10)12(16)19-2/h6-8,13H,3-5H2,1-2H3,(H,14,15)/t8-/m0/s1. The highest BCUT2D eigenvalue weighted by atomic mass is 32.2. The van der Waals surface area contributed by atoms with Crippen LogP contribution in [0.3, 0.4) is 0 Å². The molecule has 0 unspecified atom stereocenters. The number of aliphatic carboxylic acids is 1. The number of unbranched alkanes of at least 4 members (excludes halogenated alkanes) is 1. The SMILES string of the molecule is CCCC[C@H](NS(=O)(=O)c1ccc(C(=O)OC)o1)C(=O)O. The Labute approximate surface area is 122 Å². The van der Waals surface area contributed by atoms with Crippen molar-refractivity contribution in [3.05, 3.63) is 17.9 Å². The van der Waals surface area contributed by atoms with Gasteiger partial charge in [0.1, 0.15) is 6.04 Å². The lowest BCUT2D eigenvalue weighted by Gasteiger charge is -2.12. The van der Waals surface area contributed by atoms with E-state index in [0.717, 1.165) is 25.7 Å². The third kappa shape index (κ3) is 4.57. The summed E-state index contributed by atoms with van der Waals surface area (Å²) in [5.41, 5.74) is 0. The van der Waals surface area contributed by atoms with E-state index in [1.165, 1.54) is 0 Å². The van der Waals surface area contributed by atoms with Crippen LogP contribution in [0.25, 0.3) is 0 Å². The summed E-state index contributed by atoms with van der Waals surface area (Å²) in [6.07, 6.45) is 1.46. The van der Waals surface area contributed by atoms with E-state index in [1.54, 1.807) is 0 Å². The van der Waals surface area contributed by atoms with Crippen LogP contribution in [0.2, 0.25) is 0 Å². The fraction of sp³-hybridized carbons (Fsp3) is 0.500. The number of furan rings is 1. The molecule has 0 aliphatic rings.